The fourth-order valence-corrected chi connectivity index (χ4v) is 2.70. The van der Waals surface area contributed by atoms with E-state index in [0.29, 0.717) is 13.0 Å². The second-order valence-corrected chi connectivity index (χ2v) is 6.11. The molecule has 0 radical (unpaired) electrons. The topological polar surface area (TPSA) is 69.0 Å². The number of aromatic nitrogens is 3. The third-order valence-electron chi connectivity index (χ3n) is 4.23. The summed E-state index contributed by atoms with van der Waals surface area (Å²) in [6.07, 6.45) is 6.05. The van der Waals surface area contributed by atoms with Gasteiger partial charge in [0.2, 0.25) is 5.91 Å². The first kappa shape index (κ1) is 18.6. The number of amides is 1. The number of nitrogens with zero attached hydrogens (tertiary/aromatic N) is 3. The minimum Gasteiger partial charge on any atom is -0.494 e. The van der Waals surface area contributed by atoms with Crippen LogP contribution in [0.2, 0.25) is 0 Å². The molecule has 0 bridgehead atoms. The molecule has 0 saturated heterocycles. The van der Waals surface area contributed by atoms with Crippen molar-refractivity contribution in [2.75, 3.05) is 7.11 Å². The van der Waals surface area contributed by atoms with E-state index in [1.807, 2.05) is 29.8 Å². The molecule has 0 spiro atoms. The summed E-state index contributed by atoms with van der Waals surface area (Å²) in [6.45, 7) is 2.30. The van der Waals surface area contributed by atoms with Gasteiger partial charge in [-0.05, 0) is 42.7 Å². The first-order valence-corrected chi connectivity index (χ1v) is 8.61. The van der Waals surface area contributed by atoms with E-state index in [4.69, 9.17) is 4.74 Å². The van der Waals surface area contributed by atoms with E-state index in [-0.39, 0.29) is 18.1 Å². The highest BCUT2D eigenvalue weighted by Crippen LogP contribution is 2.18. The predicted octanol–water partition coefficient (Wildman–Crippen LogP) is 2.97. The second-order valence-electron chi connectivity index (χ2n) is 6.11. The molecule has 27 heavy (non-hydrogen) atoms. The van der Waals surface area contributed by atoms with E-state index in [1.165, 1.54) is 13.2 Å². The van der Waals surface area contributed by atoms with E-state index < -0.39 is 5.82 Å². The Balaban J connectivity index is 1.49. The maximum absolute atomic E-state index is 13.7. The number of halogens is 1. The zero-order valence-corrected chi connectivity index (χ0v) is 15.3. The second kappa shape index (κ2) is 8.44. The first-order valence-electron chi connectivity index (χ1n) is 8.61. The molecule has 6 nitrogen and oxygen atoms in total. The Bertz CT molecular complexity index is 922. The number of rotatable bonds is 7. The first-order chi connectivity index (χ1) is 13.1. The van der Waals surface area contributed by atoms with E-state index >= 15 is 0 Å². The summed E-state index contributed by atoms with van der Waals surface area (Å²) in [7, 11) is 1.42. The average molecular weight is 368 g/mol. The number of benzene rings is 1. The lowest BCUT2D eigenvalue weighted by Gasteiger charge is -2.08. The quantitative estimate of drug-likeness (QED) is 0.696. The molecule has 0 saturated carbocycles. The van der Waals surface area contributed by atoms with E-state index in [0.717, 1.165) is 22.8 Å². The van der Waals surface area contributed by atoms with Crippen LogP contribution in [-0.4, -0.2) is 27.6 Å². The summed E-state index contributed by atoms with van der Waals surface area (Å²) in [5.41, 5.74) is 1.66. The number of ether oxygens (including phenoxy) is 1. The molecule has 1 amide bonds. The smallest absolute Gasteiger partial charge is 0.220 e. The molecule has 3 aromatic rings. The van der Waals surface area contributed by atoms with Gasteiger partial charge >= 0.3 is 0 Å². The predicted molar refractivity (Wildman–Crippen MR) is 99.2 cm³/mol. The molecule has 2 heterocycles. The molecule has 3 rings (SSSR count). The lowest BCUT2D eigenvalue weighted by molar-refractivity contribution is -0.121. The molecular weight excluding hydrogens is 347 g/mol. The molecule has 0 unspecified atom stereocenters. The number of imidazole rings is 1. The third kappa shape index (κ3) is 4.69. The van der Waals surface area contributed by atoms with Crippen LogP contribution in [0.4, 0.5) is 4.39 Å². The van der Waals surface area contributed by atoms with Gasteiger partial charge in [-0.2, -0.15) is 0 Å². The molecular formula is C20H21FN4O2. The van der Waals surface area contributed by atoms with Crippen LogP contribution < -0.4 is 10.1 Å². The Kier molecular flexibility index (Phi) is 5.80. The zero-order chi connectivity index (χ0) is 19.2. The van der Waals surface area contributed by atoms with Gasteiger partial charge < -0.3 is 10.1 Å². The summed E-state index contributed by atoms with van der Waals surface area (Å²) >= 11 is 0. The highest BCUT2D eigenvalue weighted by atomic mass is 19.1. The van der Waals surface area contributed by atoms with Crippen LogP contribution in [0.5, 0.6) is 5.75 Å². The highest BCUT2D eigenvalue weighted by Gasteiger charge is 2.07. The monoisotopic (exact) mass is 368 g/mol. The summed E-state index contributed by atoms with van der Waals surface area (Å²) in [4.78, 5) is 20.6. The lowest BCUT2D eigenvalue weighted by Crippen LogP contribution is -2.23. The van der Waals surface area contributed by atoms with Crippen molar-refractivity contribution in [1.29, 1.82) is 0 Å². The molecule has 0 aliphatic rings. The number of aryl methyl sites for hydroxylation is 2. The Labute approximate surface area is 157 Å². The SMILES string of the molecule is COc1ccc(CCC(=O)NCc2ccc(-n3ccnc3C)nc2)cc1F. The molecule has 0 aliphatic heterocycles. The van der Waals surface area contributed by atoms with Crippen molar-refractivity contribution in [2.24, 2.45) is 0 Å². The Hall–Kier alpha value is -3.22. The van der Waals surface area contributed by atoms with Gasteiger partial charge in [-0.15, -0.1) is 0 Å². The van der Waals surface area contributed by atoms with Crippen LogP contribution in [0.3, 0.4) is 0 Å². The van der Waals surface area contributed by atoms with Crippen LogP contribution in [0, 0.1) is 12.7 Å². The number of hydrogen-bond donors (Lipinski definition) is 1. The normalized spacial score (nSPS) is 10.6. The maximum Gasteiger partial charge on any atom is 0.220 e. The molecule has 7 heteroatoms. The van der Waals surface area contributed by atoms with Crippen molar-refractivity contribution >= 4 is 5.91 Å². The van der Waals surface area contributed by atoms with Crippen LogP contribution in [0.1, 0.15) is 23.4 Å². The van der Waals surface area contributed by atoms with Crippen LogP contribution in [0.25, 0.3) is 5.82 Å². The van der Waals surface area contributed by atoms with Crippen molar-refractivity contribution in [1.82, 2.24) is 19.9 Å². The van der Waals surface area contributed by atoms with Gasteiger partial charge in [0.25, 0.3) is 0 Å². The molecule has 2 aromatic heterocycles. The molecule has 140 valence electrons. The van der Waals surface area contributed by atoms with E-state index in [1.54, 1.807) is 24.5 Å². The van der Waals surface area contributed by atoms with Crippen LogP contribution >= 0.6 is 0 Å². The van der Waals surface area contributed by atoms with Crippen molar-refractivity contribution in [3.8, 4) is 11.6 Å². The summed E-state index contributed by atoms with van der Waals surface area (Å²) in [5.74, 6) is 1.32. The van der Waals surface area contributed by atoms with Gasteiger partial charge in [0, 0.05) is 31.6 Å². The van der Waals surface area contributed by atoms with Crippen molar-refractivity contribution in [3.63, 3.8) is 0 Å². The number of methoxy groups -OCH3 is 1. The van der Waals surface area contributed by atoms with Gasteiger partial charge in [-0.3, -0.25) is 9.36 Å². The molecule has 0 atom stereocenters. The summed E-state index contributed by atoms with van der Waals surface area (Å²) in [6, 6.07) is 8.53. The number of carbonyl (C=O) groups excluding carboxylic acids is 1. The fraction of sp³-hybridized carbons (Fsp3) is 0.250. The largest absolute Gasteiger partial charge is 0.494 e. The number of pyridine rings is 1. The van der Waals surface area contributed by atoms with E-state index in [9.17, 15) is 9.18 Å². The maximum atomic E-state index is 13.7. The average Bonchev–Trinajstić information content (AvgIpc) is 3.11. The van der Waals surface area contributed by atoms with Gasteiger partial charge in [-0.1, -0.05) is 12.1 Å². The van der Waals surface area contributed by atoms with Gasteiger partial charge in [-0.25, -0.2) is 14.4 Å². The minimum absolute atomic E-state index is 0.0965. The van der Waals surface area contributed by atoms with Gasteiger partial charge in [0.1, 0.15) is 11.6 Å². The molecule has 1 N–H and O–H groups in total. The third-order valence-corrected chi connectivity index (χ3v) is 4.23. The van der Waals surface area contributed by atoms with Crippen molar-refractivity contribution in [3.05, 3.63) is 71.7 Å². The van der Waals surface area contributed by atoms with Gasteiger partial charge in [0.15, 0.2) is 11.6 Å². The highest BCUT2D eigenvalue weighted by molar-refractivity contribution is 5.76. The lowest BCUT2D eigenvalue weighted by atomic mass is 10.1. The molecule has 1 aromatic carbocycles. The molecule has 0 aliphatic carbocycles. The Morgan fingerprint density at radius 3 is 2.67 bits per heavy atom. The number of hydrogen-bond acceptors (Lipinski definition) is 4. The fourth-order valence-electron chi connectivity index (χ4n) is 2.70. The Morgan fingerprint density at radius 2 is 2.04 bits per heavy atom. The Morgan fingerprint density at radius 1 is 1.22 bits per heavy atom. The number of carbonyl (C=O) groups is 1. The summed E-state index contributed by atoms with van der Waals surface area (Å²) < 4.78 is 20.4. The van der Waals surface area contributed by atoms with Crippen molar-refractivity contribution in [2.45, 2.75) is 26.3 Å². The van der Waals surface area contributed by atoms with E-state index in [2.05, 4.69) is 15.3 Å². The summed E-state index contributed by atoms with van der Waals surface area (Å²) in [5, 5.41) is 2.86. The standard InChI is InChI=1S/C20H21FN4O2/c1-14-22-9-10-25(14)19-7-4-16(12-23-19)13-24-20(26)8-5-15-3-6-18(27-2)17(21)11-15/h3-4,6-7,9-12H,5,8,13H2,1-2H3,(H,24,26). The van der Waals surface area contributed by atoms with Crippen LogP contribution in [-0.2, 0) is 17.8 Å². The molecule has 0 fully saturated rings. The minimum atomic E-state index is -0.422. The van der Waals surface area contributed by atoms with Crippen molar-refractivity contribution < 1.29 is 13.9 Å². The van der Waals surface area contributed by atoms with Gasteiger partial charge in [0.05, 0.1) is 7.11 Å². The zero-order valence-electron chi connectivity index (χ0n) is 15.3. The van der Waals surface area contributed by atoms with Crippen LogP contribution in [0.15, 0.2) is 48.9 Å². The number of nitrogens with one attached hydrogen (secondary N) is 1.